The zero-order valence-corrected chi connectivity index (χ0v) is 10.8. The molecule has 2 aromatic carbocycles. The van der Waals surface area contributed by atoms with Crippen molar-refractivity contribution in [3.63, 3.8) is 0 Å². The molecular weight excluding hydrogens is 248 g/mol. The van der Waals surface area contributed by atoms with E-state index in [4.69, 9.17) is 9.41 Å². The molecule has 96 valence electrons. The number of hydrogen-bond acceptors (Lipinski definition) is 3. The number of benzene rings is 2. The Morgan fingerprint density at radius 2 is 1.60 bits per heavy atom. The maximum Gasteiger partial charge on any atom is 0.181 e. The Balaban J connectivity index is 1.98. The largest absolute Gasteiger partial charge is 0.446 e. The molecule has 0 aliphatic carbocycles. The number of aliphatic imine (C=N–C) groups is 1. The van der Waals surface area contributed by atoms with Crippen LogP contribution in [0.4, 0.5) is 0 Å². The first-order valence-electron chi connectivity index (χ1n) is 6.55. The first-order chi connectivity index (χ1) is 9.93. The van der Waals surface area contributed by atoms with Crippen LogP contribution in [0.25, 0.3) is 11.3 Å². The predicted molar refractivity (Wildman–Crippen MR) is 77.7 cm³/mol. The minimum atomic E-state index is 0.522. The molecule has 0 bridgehead atoms. The van der Waals surface area contributed by atoms with Crippen LogP contribution in [0.3, 0.4) is 0 Å². The first-order valence-corrected chi connectivity index (χ1v) is 6.55. The number of oxazole rings is 1. The summed E-state index contributed by atoms with van der Waals surface area (Å²) in [4.78, 5) is 9.08. The Kier molecular flexibility index (Phi) is 2.49. The standard InChI is InChI=1S/C17H12N2O/c1-2-6-12(7-3-1)16-13-8-4-5-9-14(13)17-15(10-18-16)20-11-19-17/h1-9,11H,10H2. The molecule has 2 heterocycles. The number of fused-ring (bicyclic) bond motifs is 3. The van der Waals surface area contributed by atoms with Crippen LogP contribution in [0, 0.1) is 0 Å². The summed E-state index contributed by atoms with van der Waals surface area (Å²) in [5.41, 5.74) is 5.19. The van der Waals surface area contributed by atoms with E-state index in [2.05, 4.69) is 29.2 Å². The number of nitrogens with zero attached hydrogens (tertiary/aromatic N) is 2. The van der Waals surface area contributed by atoms with Crippen LogP contribution in [0.1, 0.15) is 16.9 Å². The lowest BCUT2D eigenvalue weighted by Gasteiger charge is -2.09. The second-order valence-corrected chi connectivity index (χ2v) is 4.70. The molecule has 0 fully saturated rings. The lowest BCUT2D eigenvalue weighted by atomic mass is 9.96. The SMILES string of the molecule is c1ccc(C2=NCc3ocnc3-c3ccccc32)cc1. The molecule has 3 aromatic rings. The van der Waals surface area contributed by atoms with Crippen molar-refractivity contribution in [2.45, 2.75) is 6.54 Å². The molecule has 1 aromatic heterocycles. The van der Waals surface area contributed by atoms with E-state index in [1.54, 1.807) is 0 Å². The Bertz CT molecular complexity index is 788. The van der Waals surface area contributed by atoms with Gasteiger partial charge in [0.15, 0.2) is 12.2 Å². The Hall–Kier alpha value is -2.68. The van der Waals surface area contributed by atoms with Gasteiger partial charge in [-0.2, -0.15) is 0 Å². The summed E-state index contributed by atoms with van der Waals surface area (Å²) in [5, 5.41) is 0. The quantitative estimate of drug-likeness (QED) is 0.669. The summed E-state index contributed by atoms with van der Waals surface area (Å²) in [6.45, 7) is 0.522. The van der Waals surface area contributed by atoms with Crippen molar-refractivity contribution >= 4 is 5.71 Å². The highest BCUT2D eigenvalue weighted by Crippen LogP contribution is 2.31. The summed E-state index contributed by atoms with van der Waals surface area (Å²) >= 11 is 0. The van der Waals surface area contributed by atoms with Crippen molar-refractivity contribution in [3.05, 3.63) is 77.9 Å². The van der Waals surface area contributed by atoms with Crippen molar-refractivity contribution < 1.29 is 4.42 Å². The fourth-order valence-corrected chi connectivity index (χ4v) is 2.58. The summed E-state index contributed by atoms with van der Waals surface area (Å²) in [7, 11) is 0. The lowest BCUT2D eigenvalue weighted by Crippen LogP contribution is -2.04. The van der Waals surface area contributed by atoms with Gasteiger partial charge in [0.1, 0.15) is 12.2 Å². The van der Waals surface area contributed by atoms with Gasteiger partial charge in [0.2, 0.25) is 0 Å². The van der Waals surface area contributed by atoms with E-state index in [9.17, 15) is 0 Å². The van der Waals surface area contributed by atoms with E-state index in [0.717, 1.165) is 33.9 Å². The molecule has 0 unspecified atom stereocenters. The van der Waals surface area contributed by atoms with Gasteiger partial charge in [-0.1, -0.05) is 54.6 Å². The predicted octanol–water partition coefficient (Wildman–Crippen LogP) is 3.69. The third-order valence-corrected chi connectivity index (χ3v) is 3.51. The van der Waals surface area contributed by atoms with Gasteiger partial charge in [-0.15, -0.1) is 0 Å². The topological polar surface area (TPSA) is 38.4 Å². The van der Waals surface area contributed by atoms with Crippen LogP contribution < -0.4 is 0 Å². The van der Waals surface area contributed by atoms with Crippen molar-refractivity contribution in [2.75, 3.05) is 0 Å². The van der Waals surface area contributed by atoms with E-state index < -0.39 is 0 Å². The third kappa shape index (κ3) is 1.67. The molecule has 3 heteroatoms. The molecule has 1 aliphatic rings. The lowest BCUT2D eigenvalue weighted by molar-refractivity contribution is 0.508. The number of aromatic nitrogens is 1. The minimum absolute atomic E-state index is 0.522. The van der Waals surface area contributed by atoms with Gasteiger partial charge in [0.25, 0.3) is 0 Å². The average molecular weight is 260 g/mol. The maximum absolute atomic E-state index is 5.46. The minimum Gasteiger partial charge on any atom is -0.446 e. The fraction of sp³-hybridized carbons (Fsp3) is 0.0588. The van der Waals surface area contributed by atoms with Gasteiger partial charge in [-0.3, -0.25) is 4.99 Å². The second kappa shape index (κ2) is 4.46. The molecule has 3 nitrogen and oxygen atoms in total. The van der Waals surface area contributed by atoms with E-state index in [1.165, 1.54) is 6.39 Å². The van der Waals surface area contributed by atoms with E-state index in [0.29, 0.717) is 6.54 Å². The van der Waals surface area contributed by atoms with Crippen LogP contribution in [0.15, 0.2) is 70.4 Å². The molecule has 4 rings (SSSR count). The van der Waals surface area contributed by atoms with E-state index in [1.807, 2.05) is 30.3 Å². The molecule has 0 N–H and O–H groups in total. The van der Waals surface area contributed by atoms with Crippen LogP contribution in [-0.2, 0) is 6.54 Å². The van der Waals surface area contributed by atoms with Gasteiger partial charge >= 0.3 is 0 Å². The Morgan fingerprint density at radius 1 is 0.850 bits per heavy atom. The molecule has 0 saturated heterocycles. The highest BCUT2D eigenvalue weighted by atomic mass is 16.3. The molecule has 0 saturated carbocycles. The Morgan fingerprint density at radius 3 is 2.45 bits per heavy atom. The number of hydrogen-bond donors (Lipinski definition) is 0. The van der Waals surface area contributed by atoms with Gasteiger partial charge < -0.3 is 4.42 Å². The summed E-state index contributed by atoms with van der Waals surface area (Å²) in [6, 6.07) is 18.4. The van der Waals surface area contributed by atoms with Crippen molar-refractivity contribution in [1.29, 1.82) is 0 Å². The van der Waals surface area contributed by atoms with Crippen molar-refractivity contribution in [2.24, 2.45) is 4.99 Å². The normalized spacial score (nSPS) is 13.1. The zero-order valence-electron chi connectivity index (χ0n) is 10.8. The maximum atomic E-state index is 5.46. The Labute approximate surface area is 116 Å². The molecule has 0 amide bonds. The zero-order chi connectivity index (χ0) is 13.4. The smallest absolute Gasteiger partial charge is 0.181 e. The van der Waals surface area contributed by atoms with Crippen LogP contribution >= 0.6 is 0 Å². The average Bonchev–Trinajstić information content (AvgIpc) is 2.92. The first kappa shape index (κ1) is 11.2. The molecule has 1 aliphatic heterocycles. The summed E-state index contributed by atoms with van der Waals surface area (Å²) in [5.74, 6) is 0.823. The van der Waals surface area contributed by atoms with Gasteiger partial charge in [0.05, 0.1) is 5.71 Å². The third-order valence-electron chi connectivity index (χ3n) is 3.51. The summed E-state index contributed by atoms with van der Waals surface area (Å²) in [6.07, 6.45) is 1.49. The van der Waals surface area contributed by atoms with Gasteiger partial charge in [0, 0.05) is 16.7 Å². The van der Waals surface area contributed by atoms with Crippen LogP contribution in [0.2, 0.25) is 0 Å². The molecule has 20 heavy (non-hydrogen) atoms. The molecular formula is C17H12N2O. The monoisotopic (exact) mass is 260 g/mol. The van der Waals surface area contributed by atoms with Crippen LogP contribution in [-0.4, -0.2) is 10.7 Å². The molecule has 0 atom stereocenters. The number of rotatable bonds is 1. The fourth-order valence-electron chi connectivity index (χ4n) is 2.58. The van der Waals surface area contributed by atoms with Gasteiger partial charge in [-0.05, 0) is 0 Å². The second-order valence-electron chi connectivity index (χ2n) is 4.70. The molecule has 0 spiro atoms. The van der Waals surface area contributed by atoms with Gasteiger partial charge in [-0.25, -0.2) is 4.98 Å². The highest BCUT2D eigenvalue weighted by molar-refractivity contribution is 6.16. The van der Waals surface area contributed by atoms with E-state index in [-0.39, 0.29) is 0 Å². The highest BCUT2D eigenvalue weighted by Gasteiger charge is 2.21. The molecule has 0 radical (unpaired) electrons. The van der Waals surface area contributed by atoms with Crippen molar-refractivity contribution in [3.8, 4) is 11.3 Å². The van der Waals surface area contributed by atoms with Crippen LogP contribution in [0.5, 0.6) is 0 Å². The van der Waals surface area contributed by atoms with Crippen molar-refractivity contribution in [1.82, 2.24) is 4.98 Å². The van der Waals surface area contributed by atoms with E-state index >= 15 is 0 Å². The summed E-state index contributed by atoms with van der Waals surface area (Å²) < 4.78 is 5.46.